The fourth-order valence-electron chi connectivity index (χ4n) is 4.95. The summed E-state index contributed by atoms with van der Waals surface area (Å²) in [6, 6.07) is 17.2. The molecule has 1 aliphatic carbocycles. The standard InChI is InChI=1S/C30H29F2N3O3/c1-17-7-5-8-18(2)26(17)20-13-21(15-25(14-20)38-4)28-33-19(3)27(35(28)37)29(36)34-24-10-6-9-23(16-24)30(31,32)22-11-12-22/h5-10,13-16,22,33H,11-12H2,1-4H3,(H,34,36). The Morgan fingerprint density at radius 2 is 1.68 bits per heavy atom. The van der Waals surface area contributed by atoms with E-state index in [0.29, 0.717) is 34.6 Å². The molecular weight excluding hydrogens is 488 g/mol. The van der Waals surface area contributed by atoms with E-state index in [1.165, 1.54) is 24.3 Å². The van der Waals surface area contributed by atoms with Crippen LogP contribution in [0.5, 0.6) is 5.75 Å². The van der Waals surface area contributed by atoms with E-state index in [-0.39, 0.29) is 22.8 Å². The van der Waals surface area contributed by atoms with Crippen molar-refractivity contribution in [3.63, 3.8) is 0 Å². The van der Waals surface area contributed by atoms with Gasteiger partial charge in [-0.05, 0) is 79.3 Å². The topological polar surface area (TPSA) is 81.1 Å². The highest BCUT2D eigenvalue weighted by Crippen LogP contribution is 2.49. The molecule has 3 aromatic carbocycles. The Hall–Kier alpha value is -4.20. The van der Waals surface area contributed by atoms with Gasteiger partial charge < -0.3 is 15.3 Å². The molecule has 1 amide bonds. The van der Waals surface area contributed by atoms with Crippen molar-refractivity contribution in [2.45, 2.75) is 39.5 Å². The molecule has 1 fully saturated rings. The number of hydrogen-bond acceptors (Lipinski definition) is 3. The summed E-state index contributed by atoms with van der Waals surface area (Å²) in [6.07, 6.45) is 0.973. The Labute approximate surface area is 219 Å². The van der Waals surface area contributed by atoms with Gasteiger partial charge in [-0.1, -0.05) is 30.3 Å². The summed E-state index contributed by atoms with van der Waals surface area (Å²) in [6.45, 7) is 5.66. The zero-order valence-corrected chi connectivity index (χ0v) is 21.7. The van der Waals surface area contributed by atoms with Crippen molar-refractivity contribution in [2.24, 2.45) is 5.92 Å². The third kappa shape index (κ3) is 4.62. The maximum atomic E-state index is 14.6. The van der Waals surface area contributed by atoms with E-state index in [1.54, 1.807) is 20.1 Å². The van der Waals surface area contributed by atoms with E-state index < -0.39 is 17.7 Å². The number of rotatable bonds is 7. The maximum Gasteiger partial charge on any atom is 0.300 e. The van der Waals surface area contributed by atoms with Gasteiger partial charge in [0.2, 0.25) is 5.69 Å². The molecule has 1 aromatic heterocycles. The van der Waals surface area contributed by atoms with Crippen molar-refractivity contribution in [1.29, 1.82) is 0 Å². The summed E-state index contributed by atoms with van der Waals surface area (Å²) in [5.41, 5.74) is 4.89. The number of aromatic nitrogens is 2. The number of alkyl halides is 2. The lowest BCUT2D eigenvalue weighted by Gasteiger charge is -2.17. The van der Waals surface area contributed by atoms with Gasteiger partial charge in [-0.15, -0.1) is 0 Å². The summed E-state index contributed by atoms with van der Waals surface area (Å²) >= 11 is 0. The van der Waals surface area contributed by atoms with E-state index in [9.17, 15) is 18.8 Å². The highest BCUT2D eigenvalue weighted by atomic mass is 19.3. The highest BCUT2D eigenvalue weighted by molar-refractivity contribution is 6.02. The highest BCUT2D eigenvalue weighted by Gasteiger charge is 2.48. The SMILES string of the molecule is COc1cc(-c2c(C)cccc2C)cc(-c2[nH]c(C)c(C(=O)Nc3cccc(C(F)(F)C4CC4)c3)[n+]2[O-])c1. The van der Waals surface area contributed by atoms with Gasteiger partial charge in [-0.2, -0.15) is 0 Å². The number of ether oxygens (including phenoxy) is 1. The molecule has 0 radical (unpaired) electrons. The van der Waals surface area contributed by atoms with E-state index in [2.05, 4.69) is 10.3 Å². The number of halogens is 2. The molecule has 1 aliphatic rings. The Morgan fingerprint density at radius 1 is 1.03 bits per heavy atom. The predicted molar refractivity (Wildman–Crippen MR) is 142 cm³/mol. The summed E-state index contributed by atoms with van der Waals surface area (Å²) in [5.74, 6) is -3.57. The molecule has 38 heavy (non-hydrogen) atoms. The minimum Gasteiger partial charge on any atom is -0.710 e. The second-order valence-electron chi connectivity index (χ2n) is 9.89. The third-order valence-corrected chi connectivity index (χ3v) is 7.06. The second kappa shape index (κ2) is 9.59. The van der Waals surface area contributed by atoms with Crippen LogP contribution in [0.15, 0.2) is 60.7 Å². The minimum atomic E-state index is -2.95. The Morgan fingerprint density at radius 3 is 2.34 bits per heavy atom. The molecule has 0 atom stereocenters. The van der Waals surface area contributed by atoms with Gasteiger partial charge >= 0.3 is 0 Å². The lowest BCUT2D eigenvalue weighted by atomic mass is 9.94. The van der Waals surface area contributed by atoms with Crippen molar-refractivity contribution in [3.8, 4) is 28.3 Å². The molecule has 1 heterocycles. The van der Waals surface area contributed by atoms with Crippen LogP contribution in [0.3, 0.4) is 0 Å². The van der Waals surface area contributed by atoms with Crippen LogP contribution in [0, 0.1) is 31.9 Å². The largest absolute Gasteiger partial charge is 0.710 e. The van der Waals surface area contributed by atoms with Gasteiger partial charge in [-0.25, -0.2) is 18.5 Å². The molecule has 0 unspecified atom stereocenters. The number of hydrogen-bond donors (Lipinski definition) is 2. The van der Waals surface area contributed by atoms with Crippen molar-refractivity contribution in [1.82, 2.24) is 4.98 Å². The number of benzene rings is 3. The third-order valence-electron chi connectivity index (χ3n) is 7.06. The average Bonchev–Trinajstić information content (AvgIpc) is 3.69. The molecule has 6 nitrogen and oxygen atoms in total. The van der Waals surface area contributed by atoms with Gasteiger partial charge in [0.05, 0.1) is 12.7 Å². The van der Waals surface area contributed by atoms with Crippen LogP contribution < -0.4 is 14.8 Å². The second-order valence-corrected chi connectivity index (χ2v) is 9.89. The normalized spacial score (nSPS) is 13.4. The predicted octanol–water partition coefficient (Wildman–Crippen LogP) is 6.67. The molecule has 0 spiro atoms. The first-order valence-corrected chi connectivity index (χ1v) is 12.5. The van der Waals surface area contributed by atoms with Crippen LogP contribution >= 0.6 is 0 Å². The zero-order chi connectivity index (χ0) is 27.2. The van der Waals surface area contributed by atoms with E-state index in [0.717, 1.165) is 22.3 Å². The molecule has 0 saturated heterocycles. The summed E-state index contributed by atoms with van der Waals surface area (Å²) in [4.78, 5) is 16.2. The summed E-state index contributed by atoms with van der Waals surface area (Å²) < 4.78 is 35.2. The number of imidazole rings is 1. The number of carbonyl (C=O) groups is 1. The van der Waals surface area contributed by atoms with Crippen molar-refractivity contribution >= 4 is 11.6 Å². The van der Waals surface area contributed by atoms with Crippen molar-refractivity contribution in [2.75, 3.05) is 12.4 Å². The first-order chi connectivity index (χ1) is 18.1. The Kier molecular flexibility index (Phi) is 6.42. The average molecular weight is 518 g/mol. The van der Waals surface area contributed by atoms with Gasteiger partial charge in [0, 0.05) is 24.1 Å². The molecule has 0 aliphatic heterocycles. The van der Waals surface area contributed by atoms with Crippen LogP contribution in [0.2, 0.25) is 0 Å². The number of aryl methyl sites for hydroxylation is 3. The summed E-state index contributed by atoms with van der Waals surface area (Å²) in [5, 5.41) is 16.0. The number of anilines is 1. The lowest BCUT2D eigenvalue weighted by molar-refractivity contribution is -0.594. The van der Waals surface area contributed by atoms with Gasteiger partial charge in [-0.3, -0.25) is 4.79 Å². The van der Waals surface area contributed by atoms with Gasteiger partial charge in [0.1, 0.15) is 5.75 Å². The van der Waals surface area contributed by atoms with Crippen LogP contribution in [-0.4, -0.2) is 18.0 Å². The van der Waals surface area contributed by atoms with Crippen LogP contribution in [-0.2, 0) is 5.92 Å². The first kappa shape index (κ1) is 25.4. The minimum absolute atomic E-state index is 0.143. The number of nitrogens with one attached hydrogen (secondary N) is 2. The maximum absolute atomic E-state index is 14.6. The number of aromatic amines is 1. The smallest absolute Gasteiger partial charge is 0.300 e. The van der Waals surface area contributed by atoms with E-state index in [1.807, 2.05) is 44.2 Å². The molecule has 196 valence electrons. The number of H-pyrrole nitrogens is 1. The molecule has 0 bridgehead atoms. The first-order valence-electron chi connectivity index (χ1n) is 12.5. The molecule has 5 rings (SSSR count). The van der Waals surface area contributed by atoms with Crippen molar-refractivity contribution in [3.05, 3.63) is 93.9 Å². The van der Waals surface area contributed by atoms with Gasteiger partial charge in [0.25, 0.3) is 17.7 Å². The number of nitrogens with zero attached hydrogens (tertiary/aromatic N) is 1. The molecule has 1 saturated carbocycles. The van der Waals surface area contributed by atoms with Crippen LogP contribution in [0.1, 0.15) is 45.7 Å². The number of amides is 1. The molecule has 2 N–H and O–H groups in total. The fourth-order valence-corrected chi connectivity index (χ4v) is 4.95. The Balaban J connectivity index is 1.49. The van der Waals surface area contributed by atoms with E-state index in [4.69, 9.17) is 4.74 Å². The molecular formula is C30H29F2N3O3. The molecule has 4 aromatic rings. The number of carbonyl (C=O) groups excluding carboxylic acids is 1. The summed E-state index contributed by atoms with van der Waals surface area (Å²) in [7, 11) is 1.55. The molecule has 8 heteroatoms. The lowest BCUT2D eigenvalue weighted by Crippen LogP contribution is -2.36. The van der Waals surface area contributed by atoms with Crippen LogP contribution in [0.25, 0.3) is 22.5 Å². The fraction of sp³-hybridized carbons (Fsp3) is 0.267. The quantitative estimate of drug-likeness (QED) is 0.212. The monoisotopic (exact) mass is 517 g/mol. The van der Waals surface area contributed by atoms with Gasteiger partial charge in [0.15, 0.2) is 5.69 Å². The van der Waals surface area contributed by atoms with Crippen LogP contribution in [0.4, 0.5) is 14.5 Å². The zero-order valence-electron chi connectivity index (χ0n) is 21.7. The van der Waals surface area contributed by atoms with E-state index >= 15 is 0 Å². The van der Waals surface area contributed by atoms with Crippen molar-refractivity contribution < 1.29 is 23.0 Å². The number of methoxy groups -OCH3 is 1. The Bertz CT molecular complexity index is 1520.